The molecule has 0 spiro atoms. The summed E-state index contributed by atoms with van der Waals surface area (Å²) >= 11 is 0. The lowest BCUT2D eigenvalue weighted by molar-refractivity contribution is 0.387. The molecule has 1 aromatic heterocycles. The van der Waals surface area contributed by atoms with Gasteiger partial charge in [-0.25, -0.2) is 0 Å². The van der Waals surface area contributed by atoms with E-state index in [1.54, 1.807) is 0 Å². The van der Waals surface area contributed by atoms with Crippen molar-refractivity contribution in [1.29, 1.82) is 0 Å². The molecule has 4 nitrogen and oxygen atoms in total. The highest BCUT2D eigenvalue weighted by Crippen LogP contribution is 2.18. The zero-order chi connectivity index (χ0) is 8.39. The van der Waals surface area contributed by atoms with Crippen LogP contribution in [0.25, 0.3) is 0 Å². The number of aryl methyl sites for hydroxylation is 1. The largest absolute Gasteiger partial charge is 0.340 e. The Morgan fingerprint density at radius 3 is 3.00 bits per heavy atom. The average molecular weight is 167 g/mol. The van der Waals surface area contributed by atoms with Crippen LogP contribution < -0.4 is 5.32 Å². The van der Waals surface area contributed by atoms with Gasteiger partial charge < -0.3 is 9.84 Å². The van der Waals surface area contributed by atoms with Gasteiger partial charge >= 0.3 is 0 Å². The molecule has 12 heavy (non-hydrogen) atoms. The lowest BCUT2D eigenvalue weighted by atomic mass is 10.4. The van der Waals surface area contributed by atoms with Crippen molar-refractivity contribution < 1.29 is 4.52 Å². The van der Waals surface area contributed by atoms with Crippen LogP contribution in [0.3, 0.4) is 0 Å². The summed E-state index contributed by atoms with van der Waals surface area (Å²) in [4.78, 5) is 4.11. The minimum atomic E-state index is 0.649. The van der Waals surface area contributed by atoms with Crippen LogP contribution in [-0.4, -0.2) is 22.7 Å². The van der Waals surface area contributed by atoms with Gasteiger partial charge in [-0.15, -0.1) is 0 Å². The molecule has 0 radical (unpaired) electrons. The molecule has 0 bridgehead atoms. The van der Waals surface area contributed by atoms with E-state index in [4.69, 9.17) is 4.52 Å². The molecule has 1 saturated carbocycles. The number of nitrogens with zero attached hydrogens (tertiary/aromatic N) is 2. The maximum absolute atomic E-state index is 4.85. The Morgan fingerprint density at radius 2 is 2.42 bits per heavy atom. The molecule has 0 unspecified atom stereocenters. The van der Waals surface area contributed by atoms with Crippen molar-refractivity contribution >= 4 is 0 Å². The second kappa shape index (κ2) is 3.23. The first-order valence-corrected chi connectivity index (χ1v) is 4.37. The molecule has 1 aromatic rings. The monoisotopic (exact) mass is 167 g/mol. The van der Waals surface area contributed by atoms with Gasteiger partial charge in [0.2, 0.25) is 5.89 Å². The van der Waals surface area contributed by atoms with Crippen LogP contribution in [0.4, 0.5) is 0 Å². The summed E-state index contributed by atoms with van der Waals surface area (Å²) in [6, 6.07) is 0.762. The van der Waals surface area contributed by atoms with Crippen LogP contribution in [-0.2, 0) is 6.42 Å². The fourth-order valence-corrected chi connectivity index (χ4v) is 1.12. The van der Waals surface area contributed by atoms with E-state index in [0.717, 1.165) is 24.8 Å². The van der Waals surface area contributed by atoms with E-state index < -0.39 is 0 Å². The SMILES string of the molecule is Cc1nc(CCNC2CC2)no1. The molecular weight excluding hydrogens is 154 g/mol. The van der Waals surface area contributed by atoms with Crippen LogP contribution in [0.2, 0.25) is 0 Å². The van der Waals surface area contributed by atoms with E-state index in [1.807, 2.05) is 6.92 Å². The Kier molecular flexibility index (Phi) is 2.08. The number of nitrogens with one attached hydrogen (secondary N) is 1. The minimum Gasteiger partial charge on any atom is -0.340 e. The van der Waals surface area contributed by atoms with Gasteiger partial charge in [0.15, 0.2) is 5.82 Å². The highest BCUT2D eigenvalue weighted by atomic mass is 16.5. The molecule has 0 aromatic carbocycles. The van der Waals surface area contributed by atoms with E-state index in [2.05, 4.69) is 15.5 Å². The molecule has 0 atom stereocenters. The van der Waals surface area contributed by atoms with E-state index in [-0.39, 0.29) is 0 Å². The van der Waals surface area contributed by atoms with E-state index in [1.165, 1.54) is 12.8 Å². The maximum Gasteiger partial charge on any atom is 0.223 e. The van der Waals surface area contributed by atoms with Crippen molar-refractivity contribution in [2.24, 2.45) is 0 Å². The zero-order valence-electron chi connectivity index (χ0n) is 7.21. The van der Waals surface area contributed by atoms with Crippen molar-refractivity contribution in [1.82, 2.24) is 15.5 Å². The smallest absolute Gasteiger partial charge is 0.223 e. The third-order valence-electron chi connectivity index (χ3n) is 1.93. The highest BCUT2D eigenvalue weighted by molar-refractivity contribution is 4.87. The normalized spacial score (nSPS) is 16.8. The van der Waals surface area contributed by atoms with Gasteiger partial charge in [-0.2, -0.15) is 4.98 Å². The van der Waals surface area contributed by atoms with Crippen LogP contribution in [0.5, 0.6) is 0 Å². The highest BCUT2D eigenvalue weighted by Gasteiger charge is 2.19. The Labute approximate surface area is 71.4 Å². The summed E-state index contributed by atoms with van der Waals surface area (Å²) in [7, 11) is 0. The Hall–Kier alpha value is -0.900. The molecule has 66 valence electrons. The molecule has 1 aliphatic rings. The number of aromatic nitrogens is 2. The lowest BCUT2D eigenvalue weighted by Gasteiger charge is -1.96. The molecule has 1 fully saturated rings. The molecule has 0 aliphatic heterocycles. The van der Waals surface area contributed by atoms with Crippen molar-refractivity contribution in [3.8, 4) is 0 Å². The standard InChI is InChI=1S/C8H13N3O/c1-6-10-8(11-12-6)4-5-9-7-2-3-7/h7,9H,2-5H2,1H3. The summed E-state index contributed by atoms with van der Waals surface area (Å²) in [6.45, 7) is 2.77. The van der Waals surface area contributed by atoms with E-state index in [9.17, 15) is 0 Å². The van der Waals surface area contributed by atoms with Gasteiger partial charge in [0.05, 0.1) is 0 Å². The fraction of sp³-hybridized carbons (Fsp3) is 0.750. The van der Waals surface area contributed by atoms with E-state index >= 15 is 0 Å². The van der Waals surface area contributed by atoms with Gasteiger partial charge in [0.1, 0.15) is 0 Å². The fourth-order valence-electron chi connectivity index (χ4n) is 1.12. The van der Waals surface area contributed by atoms with E-state index in [0.29, 0.717) is 5.89 Å². The quantitative estimate of drug-likeness (QED) is 0.716. The van der Waals surface area contributed by atoms with Crippen LogP contribution >= 0.6 is 0 Å². The second-order valence-electron chi connectivity index (χ2n) is 3.21. The first-order chi connectivity index (χ1) is 5.84. The summed E-state index contributed by atoms with van der Waals surface area (Å²) < 4.78 is 4.85. The van der Waals surface area contributed by atoms with Gasteiger partial charge in [0, 0.05) is 25.9 Å². The van der Waals surface area contributed by atoms with Gasteiger partial charge in [0.25, 0.3) is 0 Å². The Balaban J connectivity index is 1.71. The number of hydrogen-bond acceptors (Lipinski definition) is 4. The average Bonchev–Trinajstić information content (AvgIpc) is 2.76. The number of rotatable bonds is 4. The zero-order valence-corrected chi connectivity index (χ0v) is 7.21. The maximum atomic E-state index is 4.85. The summed E-state index contributed by atoms with van der Waals surface area (Å²) in [5.74, 6) is 1.46. The third kappa shape index (κ3) is 2.04. The molecule has 1 heterocycles. The van der Waals surface area contributed by atoms with Crippen LogP contribution in [0.1, 0.15) is 24.6 Å². The van der Waals surface area contributed by atoms with Crippen molar-refractivity contribution in [3.63, 3.8) is 0 Å². The first-order valence-electron chi connectivity index (χ1n) is 4.37. The molecule has 1 N–H and O–H groups in total. The topological polar surface area (TPSA) is 51.0 Å². The predicted octanol–water partition coefficient (Wildman–Crippen LogP) is 0.673. The first kappa shape index (κ1) is 7.73. The predicted molar refractivity (Wildman–Crippen MR) is 43.8 cm³/mol. The van der Waals surface area contributed by atoms with Crippen LogP contribution in [0.15, 0.2) is 4.52 Å². The van der Waals surface area contributed by atoms with Crippen molar-refractivity contribution in [2.75, 3.05) is 6.54 Å². The van der Waals surface area contributed by atoms with Gasteiger partial charge in [-0.05, 0) is 12.8 Å². The second-order valence-corrected chi connectivity index (χ2v) is 3.21. The van der Waals surface area contributed by atoms with Crippen molar-refractivity contribution in [3.05, 3.63) is 11.7 Å². The summed E-state index contributed by atoms with van der Waals surface area (Å²) in [6.07, 6.45) is 3.52. The van der Waals surface area contributed by atoms with Gasteiger partial charge in [-0.1, -0.05) is 5.16 Å². The lowest BCUT2D eigenvalue weighted by Crippen LogP contribution is -2.19. The summed E-state index contributed by atoms with van der Waals surface area (Å²) in [5, 5.41) is 7.20. The summed E-state index contributed by atoms with van der Waals surface area (Å²) in [5.41, 5.74) is 0. The molecule has 1 aliphatic carbocycles. The van der Waals surface area contributed by atoms with Gasteiger partial charge in [-0.3, -0.25) is 0 Å². The Morgan fingerprint density at radius 1 is 1.58 bits per heavy atom. The Bertz CT molecular complexity index is 255. The minimum absolute atomic E-state index is 0.649. The molecular formula is C8H13N3O. The number of hydrogen-bond donors (Lipinski definition) is 1. The van der Waals surface area contributed by atoms with Crippen molar-refractivity contribution in [2.45, 2.75) is 32.2 Å². The molecule has 0 saturated heterocycles. The molecule has 2 rings (SSSR count). The molecule has 4 heteroatoms. The van der Waals surface area contributed by atoms with Crippen LogP contribution in [0, 0.1) is 6.92 Å². The third-order valence-corrected chi connectivity index (χ3v) is 1.93. The molecule has 0 amide bonds.